The zero-order chi connectivity index (χ0) is 22.0. The molecule has 0 aliphatic rings. The van der Waals surface area contributed by atoms with Crippen LogP contribution in [0.3, 0.4) is 0 Å². The molecule has 0 fully saturated rings. The van der Waals surface area contributed by atoms with Crippen LogP contribution < -0.4 is 4.90 Å². The average molecular weight is 482 g/mol. The maximum atomic E-state index is 13.1. The number of rotatable bonds is 6. The Hall–Kier alpha value is -2.70. The van der Waals surface area contributed by atoms with E-state index >= 15 is 0 Å². The van der Waals surface area contributed by atoms with Gasteiger partial charge < -0.3 is 0 Å². The molecule has 0 atom stereocenters. The third-order valence-electron chi connectivity index (χ3n) is 4.05. The van der Waals surface area contributed by atoms with Gasteiger partial charge in [-0.25, -0.2) is 9.97 Å². The number of hydrogen-bond acceptors (Lipinski definition) is 7. The molecular formula is C19H14F3N5OS3. The fraction of sp³-hybridized carbons (Fsp3) is 0.158. The summed E-state index contributed by atoms with van der Waals surface area (Å²) in [6.45, 7) is 1.29. The molecule has 160 valence electrons. The van der Waals surface area contributed by atoms with Crippen LogP contribution in [0, 0.1) is 0 Å². The zero-order valence-corrected chi connectivity index (χ0v) is 18.3. The Kier molecular flexibility index (Phi) is 6.12. The minimum atomic E-state index is -4.50. The van der Waals surface area contributed by atoms with Gasteiger partial charge in [0.05, 0.1) is 21.8 Å². The maximum Gasteiger partial charge on any atom is 0.416 e. The Balaban J connectivity index is 1.49. The molecule has 0 spiro atoms. The molecule has 4 aromatic rings. The number of halogens is 3. The van der Waals surface area contributed by atoms with Crippen molar-refractivity contribution in [2.75, 3.05) is 4.90 Å². The van der Waals surface area contributed by atoms with Gasteiger partial charge in [0.25, 0.3) is 0 Å². The lowest BCUT2D eigenvalue weighted by Crippen LogP contribution is -2.23. The summed E-state index contributed by atoms with van der Waals surface area (Å²) in [5, 5.41) is 11.6. The molecule has 3 heterocycles. The van der Waals surface area contributed by atoms with E-state index in [1.807, 2.05) is 17.5 Å². The van der Waals surface area contributed by atoms with Gasteiger partial charge in [-0.15, -0.1) is 27.8 Å². The number of aromatic nitrogens is 4. The van der Waals surface area contributed by atoms with E-state index in [4.69, 9.17) is 0 Å². The molecule has 0 bridgehead atoms. The van der Waals surface area contributed by atoms with E-state index < -0.39 is 17.6 Å². The van der Waals surface area contributed by atoms with E-state index in [1.54, 1.807) is 16.7 Å². The summed E-state index contributed by atoms with van der Waals surface area (Å²) >= 11 is 4.11. The third-order valence-corrected chi connectivity index (χ3v) is 6.68. The quantitative estimate of drug-likeness (QED) is 0.343. The van der Waals surface area contributed by atoms with Crippen molar-refractivity contribution in [1.29, 1.82) is 0 Å². The van der Waals surface area contributed by atoms with Gasteiger partial charge in [0.15, 0.2) is 11.0 Å². The zero-order valence-electron chi connectivity index (χ0n) is 15.9. The first-order chi connectivity index (χ1) is 14.8. The van der Waals surface area contributed by atoms with Crippen LogP contribution in [0.15, 0.2) is 52.3 Å². The lowest BCUT2D eigenvalue weighted by atomic mass is 10.2. The summed E-state index contributed by atoms with van der Waals surface area (Å²) < 4.78 is 39.2. The third kappa shape index (κ3) is 4.97. The number of nitrogens with zero attached hydrogens (tertiary/aromatic N) is 4. The number of aromatic amines is 1. The number of nitrogens with one attached hydrogen (secondary N) is 1. The Bertz CT molecular complexity index is 1190. The van der Waals surface area contributed by atoms with Crippen molar-refractivity contribution in [2.45, 2.75) is 24.0 Å². The second-order valence-electron chi connectivity index (χ2n) is 6.26. The Morgan fingerprint density at radius 3 is 2.74 bits per heavy atom. The van der Waals surface area contributed by atoms with Gasteiger partial charge in [-0.2, -0.15) is 13.2 Å². The number of amides is 1. The molecule has 31 heavy (non-hydrogen) atoms. The fourth-order valence-electron chi connectivity index (χ4n) is 2.69. The minimum absolute atomic E-state index is 0.116. The molecule has 0 saturated heterocycles. The second kappa shape index (κ2) is 8.81. The molecule has 1 N–H and O–H groups in total. The molecule has 0 saturated carbocycles. The first-order valence-electron chi connectivity index (χ1n) is 8.82. The summed E-state index contributed by atoms with van der Waals surface area (Å²) in [6.07, 6.45) is -4.50. The first-order valence-corrected chi connectivity index (χ1v) is 11.6. The smallest absolute Gasteiger partial charge is 0.274 e. The fourth-order valence-corrected chi connectivity index (χ4v) is 5.03. The highest BCUT2D eigenvalue weighted by atomic mass is 32.2. The predicted molar refractivity (Wildman–Crippen MR) is 116 cm³/mol. The lowest BCUT2D eigenvalue weighted by Gasteiger charge is -2.19. The summed E-state index contributed by atoms with van der Waals surface area (Å²) in [4.78, 5) is 23.2. The molecule has 0 radical (unpaired) electrons. The standard InChI is InChI=1S/C19H14F3N5OS3/c1-11(28)27(14-5-2-4-12(8-14)19(20,21)22)18-23-13(10-31-18)9-30-17-24-16(25-26-17)15-6-3-7-29-15/h2-8,10H,9H2,1H3,(H,24,25,26). The van der Waals surface area contributed by atoms with E-state index in [1.165, 1.54) is 47.1 Å². The molecule has 4 rings (SSSR count). The lowest BCUT2D eigenvalue weighted by molar-refractivity contribution is -0.137. The SMILES string of the molecule is CC(=O)N(c1cccc(C(F)(F)F)c1)c1nc(CSc2n[nH]c(-c3cccs3)n2)cs1. The molecule has 1 aromatic carbocycles. The van der Waals surface area contributed by atoms with Crippen molar-refractivity contribution in [3.8, 4) is 10.7 Å². The van der Waals surface area contributed by atoms with Crippen LogP contribution in [0.2, 0.25) is 0 Å². The number of H-pyrrole nitrogens is 1. The van der Waals surface area contributed by atoms with E-state index in [9.17, 15) is 18.0 Å². The topological polar surface area (TPSA) is 74.8 Å². The van der Waals surface area contributed by atoms with Crippen LogP contribution in [-0.2, 0) is 16.7 Å². The van der Waals surface area contributed by atoms with Crippen molar-refractivity contribution in [1.82, 2.24) is 20.2 Å². The van der Waals surface area contributed by atoms with Crippen LogP contribution in [0.5, 0.6) is 0 Å². The van der Waals surface area contributed by atoms with Crippen LogP contribution in [0.4, 0.5) is 24.0 Å². The summed E-state index contributed by atoms with van der Waals surface area (Å²) in [5.74, 6) is 0.707. The van der Waals surface area contributed by atoms with Crippen molar-refractivity contribution in [3.63, 3.8) is 0 Å². The van der Waals surface area contributed by atoms with Crippen molar-refractivity contribution in [3.05, 3.63) is 58.4 Å². The highest BCUT2D eigenvalue weighted by Crippen LogP contribution is 2.35. The Labute approximate surface area is 187 Å². The number of thioether (sulfide) groups is 1. The number of carbonyl (C=O) groups excluding carboxylic acids is 1. The molecule has 3 aromatic heterocycles. The van der Waals surface area contributed by atoms with Gasteiger partial charge in [-0.05, 0) is 29.6 Å². The maximum absolute atomic E-state index is 13.1. The van der Waals surface area contributed by atoms with Gasteiger partial charge in [0, 0.05) is 18.1 Å². The van der Waals surface area contributed by atoms with Crippen LogP contribution in [0.1, 0.15) is 18.2 Å². The van der Waals surface area contributed by atoms with Crippen LogP contribution in [0.25, 0.3) is 10.7 Å². The van der Waals surface area contributed by atoms with Crippen molar-refractivity contribution >= 4 is 51.2 Å². The van der Waals surface area contributed by atoms with Gasteiger partial charge in [-0.3, -0.25) is 14.8 Å². The van der Waals surface area contributed by atoms with Gasteiger partial charge in [0.2, 0.25) is 11.1 Å². The number of thiazole rings is 1. The summed E-state index contributed by atoms with van der Waals surface area (Å²) in [5.41, 5.74) is -0.0362. The number of thiophene rings is 1. The highest BCUT2D eigenvalue weighted by molar-refractivity contribution is 7.98. The Morgan fingerprint density at radius 1 is 1.19 bits per heavy atom. The predicted octanol–water partition coefficient (Wildman–Crippen LogP) is 5.99. The molecule has 12 heteroatoms. The van der Waals surface area contributed by atoms with Gasteiger partial charge >= 0.3 is 6.18 Å². The van der Waals surface area contributed by atoms with Crippen molar-refractivity contribution in [2.24, 2.45) is 0 Å². The minimum Gasteiger partial charge on any atom is -0.274 e. The van der Waals surface area contributed by atoms with Gasteiger partial charge in [0.1, 0.15) is 0 Å². The number of anilines is 2. The normalized spacial score (nSPS) is 11.6. The molecule has 0 aliphatic heterocycles. The Morgan fingerprint density at radius 2 is 2.03 bits per heavy atom. The summed E-state index contributed by atoms with van der Waals surface area (Å²) in [7, 11) is 0. The van der Waals surface area contributed by atoms with E-state index in [-0.39, 0.29) is 5.69 Å². The molecule has 1 amide bonds. The van der Waals surface area contributed by atoms with Crippen LogP contribution >= 0.6 is 34.4 Å². The molecule has 6 nitrogen and oxygen atoms in total. The number of hydrogen-bond donors (Lipinski definition) is 1. The average Bonchev–Trinajstić information content (AvgIpc) is 3.47. The number of carbonyl (C=O) groups is 1. The van der Waals surface area contributed by atoms with Crippen molar-refractivity contribution < 1.29 is 18.0 Å². The first kappa shape index (κ1) is 21.5. The second-order valence-corrected chi connectivity index (χ2v) is 8.98. The highest BCUT2D eigenvalue weighted by Gasteiger charge is 2.31. The molecular weight excluding hydrogens is 467 g/mol. The summed E-state index contributed by atoms with van der Waals surface area (Å²) in [6, 6.07) is 8.50. The number of alkyl halides is 3. The van der Waals surface area contributed by atoms with E-state index in [0.717, 1.165) is 17.0 Å². The molecule has 0 unspecified atom stereocenters. The van der Waals surface area contributed by atoms with E-state index in [2.05, 4.69) is 20.2 Å². The largest absolute Gasteiger partial charge is 0.416 e. The van der Waals surface area contributed by atoms with E-state index in [0.29, 0.717) is 27.6 Å². The van der Waals surface area contributed by atoms with Gasteiger partial charge in [-0.1, -0.05) is 23.9 Å². The monoisotopic (exact) mass is 481 g/mol. The number of benzene rings is 1. The molecule has 0 aliphatic carbocycles. The van der Waals surface area contributed by atoms with Crippen LogP contribution in [-0.4, -0.2) is 26.1 Å².